The number of hydrazine groups is 1. The number of halogens is 1. The molecule has 2 rings (SSSR count). The van der Waals surface area contributed by atoms with E-state index >= 15 is 0 Å². The number of anilines is 1. The van der Waals surface area contributed by atoms with E-state index in [-0.39, 0.29) is 6.09 Å². The highest BCUT2D eigenvalue weighted by molar-refractivity contribution is 6.30. The van der Waals surface area contributed by atoms with Crippen LogP contribution in [0.5, 0.6) is 0 Å². The third kappa shape index (κ3) is 3.07. The van der Waals surface area contributed by atoms with Crippen molar-refractivity contribution in [3.63, 3.8) is 0 Å². The Hall–Kier alpha value is -1.42. The highest BCUT2D eigenvalue weighted by Gasteiger charge is 2.25. The summed E-state index contributed by atoms with van der Waals surface area (Å²) >= 11 is 5.93. The second kappa shape index (κ2) is 4.69. The third-order valence-corrected chi connectivity index (χ3v) is 2.78. The minimum atomic E-state index is -0.487. The molecule has 98 valence electrons. The van der Waals surface area contributed by atoms with Gasteiger partial charge in [-0.1, -0.05) is 11.6 Å². The Morgan fingerprint density at radius 2 is 2.17 bits per heavy atom. The Balaban J connectivity index is 2.08. The molecular weight excluding hydrogens is 252 g/mol. The van der Waals surface area contributed by atoms with Gasteiger partial charge in [-0.2, -0.15) is 0 Å². The minimum Gasteiger partial charge on any atom is -0.442 e. The summed E-state index contributed by atoms with van der Waals surface area (Å²) in [5.74, 6) is 0. The summed E-state index contributed by atoms with van der Waals surface area (Å²) in [6, 6.07) is 5.58. The van der Waals surface area contributed by atoms with Crippen LogP contribution in [0.4, 0.5) is 10.5 Å². The van der Waals surface area contributed by atoms with Crippen LogP contribution in [0.25, 0.3) is 0 Å². The zero-order valence-corrected chi connectivity index (χ0v) is 11.5. The molecule has 0 saturated carbocycles. The highest BCUT2D eigenvalue weighted by atomic mass is 35.5. The number of fused-ring (bicyclic) bond motifs is 1. The quantitative estimate of drug-likeness (QED) is 0.783. The van der Waals surface area contributed by atoms with E-state index in [9.17, 15) is 4.79 Å². The maximum absolute atomic E-state index is 11.9. The first-order chi connectivity index (χ1) is 8.35. The summed E-state index contributed by atoms with van der Waals surface area (Å²) in [5, 5.41) is 2.20. The molecule has 1 aromatic carbocycles. The lowest BCUT2D eigenvalue weighted by Crippen LogP contribution is -2.43. The molecule has 0 aliphatic carbocycles. The number of rotatable bonds is 0. The molecule has 18 heavy (non-hydrogen) atoms. The Bertz CT molecular complexity index is 469. The van der Waals surface area contributed by atoms with E-state index in [1.165, 1.54) is 5.01 Å². The van der Waals surface area contributed by atoms with Crippen molar-refractivity contribution in [3.8, 4) is 0 Å². The van der Waals surface area contributed by atoms with E-state index < -0.39 is 5.60 Å². The predicted molar refractivity (Wildman–Crippen MR) is 71.7 cm³/mol. The van der Waals surface area contributed by atoms with Gasteiger partial charge in [-0.15, -0.1) is 0 Å². The second-order valence-corrected chi connectivity index (χ2v) is 5.73. The maximum Gasteiger partial charge on any atom is 0.429 e. The van der Waals surface area contributed by atoms with E-state index in [0.717, 1.165) is 17.7 Å². The fourth-order valence-electron chi connectivity index (χ4n) is 1.77. The Morgan fingerprint density at radius 1 is 1.44 bits per heavy atom. The van der Waals surface area contributed by atoms with Gasteiger partial charge in [-0.3, -0.25) is 5.43 Å². The molecular formula is C13H17ClN2O2. The zero-order chi connectivity index (χ0) is 13.3. The normalized spacial score (nSPS) is 14.8. The highest BCUT2D eigenvalue weighted by Crippen LogP contribution is 2.25. The van der Waals surface area contributed by atoms with Gasteiger partial charge >= 0.3 is 6.09 Å². The summed E-state index contributed by atoms with van der Waals surface area (Å²) in [7, 11) is 0. The van der Waals surface area contributed by atoms with E-state index in [4.69, 9.17) is 16.3 Å². The predicted octanol–water partition coefficient (Wildman–Crippen LogP) is 3.46. The molecule has 1 heterocycles. The third-order valence-electron chi connectivity index (χ3n) is 2.54. The average molecular weight is 269 g/mol. The van der Waals surface area contributed by atoms with Crippen molar-refractivity contribution in [1.29, 1.82) is 0 Å². The van der Waals surface area contributed by atoms with E-state index in [1.807, 2.05) is 32.9 Å². The Morgan fingerprint density at radius 3 is 2.83 bits per heavy atom. The molecule has 0 spiro atoms. The zero-order valence-electron chi connectivity index (χ0n) is 10.8. The van der Waals surface area contributed by atoms with Gasteiger partial charge in [0.1, 0.15) is 5.60 Å². The van der Waals surface area contributed by atoms with Crippen molar-refractivity contribution < 1.29 is 9.53 Å². The first kappa shape index (κ1) is 13.0. The monoisotopic (exact) mass is 268 g/mol. The lowest BCUT2D eigenvalue weighted by molar-refractivity contribution is 0.0292. The molecule has 1 aromatic rings. The van der Waals surface area contributed by atoms with E-state index in [2.05, 4.69) is 5.43 Å². The van der Waals surface area contributed by atoms with Crippen molar-refractivity contribution in [2.24, 2.45) is 0 Å². The van der Waals surface area contributed by atoms with Crippen molar-refractivity contribution in [1.82, 2.24) is 5.01 Å². The lowest BCUT2D eigenvalue weighted by Gasteiger charge is -2.32. The van der Waals surface area contributed by atoms with Gasteiger partial charge < -0.3 is 4.74 Å². The fourth-order valence-corrected chi connectivity index (χ4v) is 1.96. The minimum absolute atomic E-state index is 0.358. The topological polar surface area (TPSA) is 41.6 Å². The average Bonchev–Trinajstić information content (AvgIpc) is 2.26. The largest absolute Gasteiger partial charge is 0.442 e. The number of hydrogen-bond donors (Lipinski definition) is 1. The van der Waals surface area contributed by atoms with Crippen molar-refractivity contribution >= 4 is 23.4 Å². The van der Waals surface area contributed by atoms with Gasteiger partial charge in [0, 0.05) is 11.6 Å². The number of nitrogens with one attached hydrogen (secondary N) is 1. The van der Waals surface area contributed by atoms with Gasteiger partial charge in [0.2, 0.25) is 0 Å². The number of amides is 1. The maximum atomic E-state index is 11.9. The van der Waals surface area contributed by atoms with Crippen LogP contribution < -0.4 is 5.43 Å². The van der Waals surface area contributed by atoms with Crippen LogP contribution >= 0.6 is 11.6 Å². The smallest absolute Gasteiger partial charge is 0.429 e. The van der Waals surface area contributed by atoms with Gasteiger partial charge in [-0.25, -0.2) is 9.80 Å². The number of ether oxygens (including phenoxy) is 1. The van der Waals surface area contributed by atoms with E-state index in [0.29, 0.717) is 11.6 Å². The second-order valence-electron chi connectivity index (χ2n) is 5.30. The summed E-state index contributed by atoms with van der Waals surface area (Å²) in [5.41, 5.74) is 4.57. The number of benzene rings is 1. The van der Waals surface area contributed by atoms with Gasteiger partial charge in [0.05, 0.1) is 5.69 Å². The summed E-state index contributed by atoms with van der Waals surface area (Å²) < 4.78 is 5.31. The standard InChI is InChI=1S/C13H17ClN2O2/c1-13(2,3)18-12(17)16-7-6-9-8-10(14)4-5-11(9)15-16/h4-5,8,15H,6-7H2,1-3H3. The van der Waals surface area contributed by atoms with Crippen molar-refractivity contribution in [2.75, 3.05) is 12.0 Å². The molecule has 0 saturated heterocycles. The van der Waals surface area contributed by atoms with Crippen LogP contribution in [-0.4, -0.2) is 23.2 Å². The molecule has 0 unspecified atom stereocenters. The summed E-state index contributed by atoms with van der Waals surface area (Å²) in [6.07, 6.45) is 0.408. The van der Waals surface area contributed by atoms with Crippen LogP contribution in [0, 0.1) is 0 Å². The number of nitrogens with zero attached hydrogens (tertiary/aromatic N) is 1. The molecule has 1 amide bonds. The van der Waals surface area contributed by atoms with Crippen molar-refractivity contribution in [3.05, 3.63) is 28.8 Å². The Labute approximate surface area is 112 Å². The van der Waals surface area contributed by atoms with E-state index in [1.54, 1.807) is 6.07 Å². The molecule has 1 aliphatic rings. The molecule has 0 fully saturated rings. The molecule has 0 bridgehead atoms. The fraction of sp³-hybridized carbons (Fsp3) is 0.462. The lowest BCUT2D eigenvalue weighted by atomic mass is 10.1. The number of hydrogen-bond acceptors (Lipinski definition) is 3. The molecule has 1 N–H and O–H groups in total. The first-order valence-corrected chi connectivity index (χ1v) is 6.28. The molecule has 0 atom stereocenters. The van der Waals surface area contributed by atoms with Gasteiger partial charge in [-0.05, 0) is 51.0 Å². The van der Waals surface area contributed by atoms with Crippen molar-refractivity contribution in [2.45, 2.75) is 32.8 Å². The molecule has 1 aliphatic heterocycles. The van der Waals surface area contributed by atoms with Crippen LogP contribution in [-0.2, 0) is 11.2 Å². The number of carbonyl (C=O) groups is 1. The van der Waals surface area contributed by atoms with Crippen LogP contribution in [0.2, 0.25) is 5.02 Å². The molecule has 5 heteroatoms. The van der Waals surface area contributed by atoms with Gasteiger partial charge in [0.25, 0.3) is 0 Å². The summed E-state index contributed by atoms with van der Waals surface area (Å²) in [6.45, 7) is 6.12. The van der Waals surface area contributed by atoms with Gasteiger partial charge in [0.15, 0.2) is 0 Å². The SMILES string of the molecule is CC(C)(C)OC(=O)N1CCc2cc(Cl)ccc2N1. The summed E-state index contributed by atoms with van der Waals surface area (Å²) in [4.78, 5) is 11.9. The van der Waals surface area contributed by atoms with Crippen LogP contribution in [0.15, 0.2) is 18.2 Å². The number of carbonyl (C=O) groups excluding carboxylic acids is 1. The van der Waals surface area contributed by atoms with Crippen LogP contribution in [0.1, 0.15) is 26.3 Å². The molecule has 0 radical (unpaired) electrons. The molecule has 4 nitrogen and oxygen atoms in total. The first-order valence-electron chi connectivity index (χ1n) is 5.91. The van der Waals surface area contributed by atoms with Crippen LogP contribution in [0.3, 0.4) is 0 Å². The molecule has 0 aromatic heterocycles. The Kier molecular flexibility index (Phi) is 3.39.